The summed E-state index contributed by atoms with van der Waals surface area (Å²) in [5, 5.41) is 0.546. The Morgan fingerprint density at radius 1 is 1.19 bits per heavy atom. The molecule has 1 aromatic heterocycles. The van der Waals surface area contributed by atoms with Gasteiger partial charge in [-0.25, -0.2) is 4.98 Å². The molecular formula is C20H19N3O3. The number of benzene rings is 2. The highest BCUT2D eigenvalue weighted by molar-refractivity contribution is 5.94. The first-order valence-electron chi connectivity index (χ1n) is 8.62. The van der Waals surface area contributed by atoms with E-state index in [1.807, 2.05) is 31.2 Å². The summed E-state index contributed by atoms with van der Waals surface area (Å²) in [7, 11) is 0. The molecule has 132 valence electrons. The molecule has 4 rings (SSSR count). The summed E-state index contributed by atoms with van der Waals surface area (Å²) in [6.45, 7) is 3.82. The third-order valence-corrected chi connectivity index (χ3v) is 4.64. The Bertz CT molecular complexity index is 1040. The Balaban J connectivity index is 1.61. The molecule has 1 aliphatic heterocycles. The molecule has 6 nitrogen and oxygen atoms in total. The van der Waals surface area contributed by atoms with Crippen LogP contribution in [-0.2, 0) is 24.5 Å². The molecule has 0 radical (unpaired) electrons. The largest absolute Gasteiger partial charge is 0.372 e. The van der Waals surface area contributed by atoms with Gasteiger partial charge in [-0.15, -0.1) is 0 Å². The molecule has 26 heavy (non-hydrogen) atoms. The van der Waals surface area contributed by atoms with E-state index in [1.54, 1.807) is 23.1 Å². The van der Waals surface area contributed by atoms with Crippen LogP contribution in [0.15, 0.2) is 47.3 Å². The number of hydrogen-bond acceptors (Lipinski definition) is 4. The number of ether oxygens (including phenoxy) is 1. The maximum Gasteiger partial charge on any atom is 0.258 e. The zero-order valence-corrected chi connectivity index (χ0v) is 14.5. The van der Waals surface area contributed by atoms with Crippen molar-refractivity contribution >= 4 is 16.8 Å². The summed E-state index contributed by atoms with van der Waals surface area (Å²) >= 11 is 0. The number of aromatic nitrogens is 2. The number of H-pyrrole nitrogens is 1. The van der Waals surface area contributed by atoms with Crippen molar-refractivity contribution in [3.63, 3.8) is 0 Å². The lowest BCUT2D eigenvalue weighted by atomic mass is 10.1. The summed E-state index contributed by atoms with van der Waals surface area (Å²) in [6, 6.07) is 12.8. The van der Waals surface area contributed by atoms with Gasteiger partial charge in [0.05, 0.1) is 30.7 Å². The molecule has 1 N–H and O–H groups in total. The van der Waals surface area contributed by atoms with Crippen molar-refractivity contribution in [3.05, 3.63) is 75.3 Å². The minimum absolute atomic E-state index is 0.0852. The van der Waals surface area contributed by atoms with Gasteiger partial charge in [-0.2, -0.15) is 0 Å². The number of nitrogens with zero attached hydrogens (tertiary/aromatic N) is 2. The summed E-state index contributed by atoms with van der Waals surface area (Å²) in [4.78, 5) is 34.1. The van der Waals surface area contributed by atoms with Crippen LogP contribution in [0, 0.1) is 0 Å². The topological polar surface area (TPSA) is 75.3 Å². The molecule has 1 aliphatic rings. The van der Waals surface area contributed by atoms with Gasteiger partial charge in [0.25, 0.3) is 11.5 Å². The van der Waals surface area contributed by atoms with Crippen molar-refractivity contribution in [1.82, 2.24) is 14.9 Å². The summed E-state index contributed by atoms with van der Waals surface area (Å²) < 4.78 is 5.41. The van der Waals surface area contributed by atoms with Crippen LogP contribution in [0.5, 0.6) is 0 Å². The molecule has 0 atom stereocenters. The van der Waals surface area contributed by atoms with Crippen molar-refractivity contribution < 1.29 is 9.53 Å². The van der Waals surface area contributed by atoms with Crippen LogP contribution >= 0.6 is 0 Å². The van der Waals surface area contributed by atoms with Gasteiger partial charge in [-0.3, -0.25) is 9.59 Å². The smallest absolute Gasteiger partial charge is 0.258 e. The van der Waals surface area contributed by atoms with Gasteiger partial charge in [-0.1, -0.05) is 18.2 Å². The van der Waals surface area contributed by atoms with Gasteiger partial charge < -0.3 is 14.6 Å². The van der Waals surface area contributed by atoms with Crippen LogP contribution in [0.3, 0.4) is 0 Å². The number of carbonyl (C=O) groups is 1. The zero-order valence-electron chi connectivity index (χ0n) is 14.5. The standard InChI is InChI=1S/C20H19N3O3/c1-2-23(20(25)13-7-8-14-11-26-12-15(14)9-13)10-18-21-17-6-4-3-5-16(17)19(24)22-18/h3-9H,2,10-12H2,1H3,(H,21,22,24). The minimum Gasteiger partial charge on any atom is -0.372 e. The van der Waals surface area contributed by atoms with Crippen molar-refractivity contribution in [2.45, 2.75) is 26.7 Å². The Labute approximate surface area is 150 Å². The van der Waals surface area contributed by atoms with Crippen LogP contribution in [-0.4, -0.2) is 27.3 Å². The fourth-order valence-corrected chi connectivity index (χ4v) is 3.21. The number of para-hydroxylation sites is 1. The third-order valence-electron chi connectivity index (χ3n) is 4.64. The van der Waals surface area contributed by atoms with E-state index in [1.165, 1.54) is 0 Å². The quantitative estimate of drug-likeness (QED) is 0.786. The van der Waals surface area contributed by atoms with Crippen molar-refractivity contribution in [3.8, 4) is 0 Å². The van der Waals surface area contributed by atoms with E-state index in [2.05, 4.69) is 9.97 Å². The monoisotopic (exact) mass is 349 g/mol. The van der Waals surface area contributed by atoms with Crippen molar-refractivity contribution in [1.29, 1.82) is 0 Å². The zero-order chi connectivity index (χ0) is 18.1. The maximum atomic E-state index is 12.9. The van der Waals surface area contributed by atoms with Crippen LogP contribution in [0.25, 0.3) is 10.9 Å². The molecule has 0 spiro atoms. The Morgan fingerprint density at radius 3 is 2.85 bits per heavy atom. The number of rotatable bonds is 4. The molecule has 0 saturated carbocycles. The second-order valence-corrected chi connectivity index (χ2v) is 6.33. The molecule has 0 aliphatic carbocycles. The summed E-state index contributed by atoms with van der Waals surface area (Å²) in [5.74, 6) is 0.395. The highest BCUT2D eigenvalue weighted by Crippen LogP contribution is 2.22. The summed E-state index contributed by atoms with van der Waals surface area (Å²) in [5.41, 5.74) is 3.25. The van der Waals surface area contributed by atoms with E-state index >= 15 is 0 Å². The Morgan fingerprint density at radius 2 is 2.00 bits per heavy atom. The lowest BCUT2D eigenvalue weighted by Crippen LogP contribution is -2.32. The number of amides is 1. The maximum absolute atomic E-state index is 12.9. The average Bonchev–Trinajstić information content (AvgIpc) is 3.13. The van der Waals surface area contributed by atoms with E-state index in [-0.39, 0.29) is 18.0 Å². The van der Waals surface area contributed by atoms with Gasteiger partial charge in [0, 0.05) is 12.1 Å². The SMILES string of the molecule is CCN(Cc1nc2ccccc2c(=O)[nH]1)C(=O)c1ccc2c(c1)COC2. The third kappa shape index (κ3) is 2.99. The van der Waals surface area contributed by atoms with Crippen LogP contribution in [0.2, 0.25) is 0 Å². The number of carbonyl (C=O) groups excluding carboxylic acids is 1. The van der Waals surface area contributed by atoms with Crippen LogP contribution < -0.4 is 5.56 Å². The fourth-order valence-electron chi connectivity index (χ4n) is 3.21. The summed E-state index contributed by atoms with van der Waals surface area (Å²) in [6.07, 6.45) is 0. The van der Waals surface area contributed by atoms with Crippen LogP contribution in [0.4, 0.5) is 0 Å². The van der Waals surface area contributed by atoms with Crippen molar-refractivity contribution in [2.75, 3.05) is 6.54 Å². The molecule has 0 fully saturated rings. The van der Waals surface area contributed by atoms with Gasteiger partial charge >= 0.3 is 0 Å². The van der Waals surface area contributed by atoms with E-state index in [9.17, 15) is 9.59 Å². The normalized spacial score (nSPS) is 13.0. The molecule has 2 aromatic carbocycles. The van der Waals surface area contributed by atoms with Gasteiger partial charge in [0.15, 0.2) is 0 Å². The fraction of sp³-hybridized carbons (Fsp3) is 0.250. The predicted octanol–water partition coefficient (Wildman–Crippen LogP) is 2.62. The number of nitrogens with one attached hydrogen (secondary N) is 1. The molecule has 3 aromatic rings. The number of fused-ring (bicyclic) bond motifs is 2. The van der Waals surface area contributed by atoms with Crippen molar-refractivity contribution in [2.24, 2.45) is 0 Å². The second kappa shape index (κ2) is 6.72. The average molecular weight is 349 g/mol. The molecule has 0 saturated heterocycles. The molecule has 0 bridgehead atoms. The van der Waals surface area contributed by atoms with Gasteiger partial charge in [0.1, 0.15) is 5.82 Å². The first kappa shape index (κ1) is 16.5. The number of hydrogen-bond donors (Lipinski definition) is 1. The first-order chi connectivity index (χ1) is 12.7. The first-order valence-corrected chi connectivity index (χ1v) is 8.62. The molecule has 6 heteroatoms. The van der Waals surface area contributed by atoms with Crippen LogP contribution in [0.1, 0.15) is 34.2 Å². The van der Waals surface area contributed by atoms with E-state index < -0.39 is 0 Å². The van der Waals surface area contributed by atoms with Gasteiger partial charge in [-0.05, 0) is 42.3 Å². The minimum atomic E-state index is -0.191. The van der Waals surface area contributed by atoms with E-state index in [0.29, 0.717) is 42.0 Å². The van der Waals surface area contributed by atoms with E-state index in [4.69, 9.17) is 4.74 Å². The lowest BCUT2D eigenvalue weighted by Gasteiger charge is -2.20. The number of aromatic amines is 1. The predicted molar refractivity (Wildman–Crippen MR) is 97.7 cm³/mol. The Kier molecular flexibility index (Phi) is 4.26. The van der Waals surface area contributed by atoms with E-state index in [0.717, 1.165) is 11.1 Å². The molecule has 1 amide bonds. The molecule has 2 heterocycles. The Hall–Kier alpha value is -2.99. The molecular weight excluding hydrogens is 330 g/mol. The van der Waals surface area contributed by atoms with Gasteiger partial charge in [0.2, 0.25) is 0 Å². The highest BCUT2D eigenvalue weighted by atomic mass is 16.5. The lowest BCUT2D eigenvalue weighted by molar-refractivity contribution is 0.0748. The highest BCUT2D eigenvalue weighted by Gasteiger charge is 2.19. The molecule has 0 unspecified atom stereocenters. The second-order valence-electron chi connectivity index (χ2n) is 6.33.